The summed E-state index contributed by atoms with van der Waals surface area (Å²) in [6.45, 7) is 4.17. The number of likely N-dealkylation sites (tertiary alicyclic amines) is 1. The SMILES string of the molecule is CO[C@H]1COC[C@H]1N1CC[C@@H](c2cc3nc(Nc4cnn(C5CC5(F)F)c4Cl)ncc3cc2C)[C@H](F)C1. The van der Waals surface area contributed by atoms with Crippen molar-refractivity contribution in [2.45, 2.75) is 56.0 Å². The van der Waals surface area contributed by atoms with Gasteiger partial charge in [0.15, 0.2) is 5.15 Å². The Morgan fingerprint density at radius 2 is 2.05 bits per heavy atom. The lowest BCUT2D eigenvalue weighted by Gasteiger charge is -2.39. The van der Waals surface area contributed by atoms with Crippen LogP contribution in [0.3, 0.4) is 0 Å². The van der Waals surface area contributed by atoms with Crippen molar-refractivity contribution in [3.63, 3.8) is 0 Å². The number of hydrogen-bond donors (Lipinski definition) is 1. The molecule has 198 valence electrons. The second kappa shape index (κ2) is 9.37. The molecule has 3 aromatic rings. The van der Waals surface area contributed by atoms with Crippen LogP contribution in [-0.4, -0.2) is 82.3 Å². The average Bonchev–Trinajstić information content (AvgIpc) is 3.19. The molecule has 1 aromatic carbocycles. The van der Waals surface area contributed by atoms with Crippen molar-refractivity contribution >= 4 is 34.1 Å². The number of piperidine rings is 1. The van der Waals surface area contributed by atoms with Crippen LogP contribution in [0.2, 0.25) is 5.15 Å². The Kier molecular flexibility index (Phi) is 6.29. The highest BCUT2D eigenvalue weighted by molar-refractivity contribution is 6.32. The quantitative estimate of drug-likeness (QED) is 0.491. The first kappa shape index (κ1) is 24.8. The van der Waals surface area contributed by atoms with E-state index >= 15 is 4.39 Å². The van der Waals surface area contributed by atoms with Gasteiger partial charge in [-0.05, 0) is 43.1 Å². The zero-order valence-corrected chi connectivity index (χ0v) is 21.3. The van der Waals surface area contributed by atoms with Crippen LogP contribution in [0.1, 0.15) is 35.9 Å². The summed E-state index contributed by atoms with van der Waals surface area (Å²) in [5.74, 6) is -2.78. The number of nitrogens with zero attached hydrogens (tertiary/aromatic N) is 5. The summed E-state index contributed by atoms with van der Waals surface area (Å²) in [7, 11) is 1.67. The fraction of sp³-hybridized carbons (Fsp3) is 0.560. The van der Waals surface area contributed by atoms with E-state index in [2.05, 4.69) is 25.3 Å². The molecule has 37 heavy (non-hydrogen) atoms. The molecule has 1 unspecified atom stereocenters. The molecule has 0 amide bonds. The number of benzene rings is 1. The lowest BCUT2D eigenvalue weighted by Crippen LogP contribution is -2.51. The van der Waals surface area contributed by atoms with E-state index in [0.717, 1.165) is 27.7 Å². The molecule has 3 aliphatic rings. The topological polar surface area (TPSA) is 77.3 Å². The summed E-state index contributed by atoms with van der Waals surface area (Å²) in [6, 6.07) is 2.95. The van der Waals surface area contributed by atoms with Crippen LogP contribution >= 0.6 is 11.6 Å². The van der Waals surface area contributed by atoms with Crippen LogP contribution in [0.4, 0.5) is 24.8 Å². The van der Waals surface area contributed by atoms with E-state index < -0.39 is 18.1 Å². The van der Waals surface area contributed by atoms with Crippen LogP contribution in [0.5, 0.6) is 0 Å². The monoisotopic (exact) mass is 536 g/mol. The second-order valence-corrected chi connectivity index (χ2v) is 10.5. The number of rotatable bonds is 6. The minimum absolute atomic E-state index is 0.0323. The maximum absolute atomic E-state index is 15.5. The van der Waals surface area contributed by atoms with E-state index in [1.807, 2.05) is 19.1 Å². The molecule has 12 heteroatoms. The number of fused-ring (bicyclic) bond motifs is 1. The van der Waals surface area contributed by atoms with Gasteiger partial charge in [0.25, 0.3) is 5.92 Å². The first-order valence-corrected chi connectivity index (χ1v) is 12.8. The lowest BCUT2D eigenvalue weighted by atomic mass is 9.84. The van der Waals surface area contributed by atoms with Crippen molar-refractivity contribution in [2.75, 3.05) is 38.7 Å². The van der Waals surface area contributed by atoms with Gasteiger partial charge >= 0.3 is 0 Å². The van der Waals surface area contributed by atoms with Gasteiger partial charge in [-0.3, -0.25) is 4.90 Å². The van der Waals surface area contributed by atoms with Crippen molar-refractivity contribution < 1.29 is 22.6 Å². The number of hydrogen-bond acceptors (Lipinski definition) is 7. The average molecular weight is 537 g/mol. The molecule has 2 aromatic heterocycles. The lowest BCUT2D eigenvalue weighted by molar-refractivity contribution is 0.0132. The molecule has 0 radical (unpaired) electrons. The van der Waals surface area contributed by atoms with Crippen LogP contribution in [0.15, 0.2) is 24.5 Å². The van der Waals surface area contributed by atoms with Crippen LogP contribution in [-0.2, 0) is 9.47 Å². The summed E-state index contributed by atoms with van der Waals surface area (Å²) in [5, 5.41) is 7.87. The van der Waals surface area contributed by atoms with E-state index in [1.54, 1.807) is 13.3 Å². The number of halogens is 4. The van der Waals surface area contributed by atoms with E-state index in [1.165, 1.54) is 6.20 Å². The molecule has 1 N–H and O–H groups in total. The highest BCUT2D eigenvalue weighted by Gasteiger charge is 2.59. The molecule has 2 aliphatic heterocycles. The molecule has 2 saturated heterocycles. The predicted octanol–water partition coefficient (Wildman–Crippen LogP) is 4.65. The van der Waals surface area contributed by atoms with Gasteiger partial charge in [0.2, 0.25) is 5.95 Å². The Labute approximate surface area is 217 Å². The molecule has 5 atom stereocenters. The highest BCUT2D eigenvalue weighted by atomic mass is 35.5. The predicted molar refractivity (Wildman–Crippen MR) is 133 cm³/mol. The smallest absolute Gasteiger partial charge is 0.272 e. The summed E-state index contributed by atoms with van der Waals surface area (Å²) in [5.41, 5.74) is 2.93. The van der Waals surface area contributed by atoms with Gasteiger partial charge in [-0.25, -0.2) is 27.8 Å². The van der Waals surface area contributed by atoms with Crippen LogP contribution < -0.4 is 5.32 Å². The minimum Gasteiger partial charge on any atom is -0.377 e. The largest absolute Gasteiger partial charge is 0.377 e. The van der Waals surface area contributed by atoms with Gasteiger partial charge in [-0.1, -0.05) is 11.6 Å². The van der Waals surface area contributed by atoms with Crippen LogP contribution in [0.25, 0.3) is 10.9 Å². The minimum atomic E-state index is -2.79. The molecular weight excluding hydrogens is 509 g/mol. The summed E-state index contributed by atoms with van der Waals surface area (Å²) >= 11 is 6.28. The normalized spacial score (nSPS) is 29.6. The molecule has 4 heterocycles. The molecule has 1 aliphatic carbocycles. The maximum atomic E-state index is 15.5. The Morgan fingerprint density at radius 3 is 2.78 bits per heavy atom. The second-order valence-electron chi connectivity index (χ2n) is 10.1. The van der Waals surface area contributed by atoms with Crippen molar-refractivity contribution in [2.24, 2.45) is 0 Å². The Hall–Kier alpha value is -2.47. The van der Waals surface area contributed by atoms with E-state index in [0.29, 0.717) is 37.4 Å². The fourth-order valence-electron chi connectivity index (χ4n) is 5.57. The third-order valence-corrected chi connectivity index (χ3v) is 8.16. The van der Waals surface area contributed by atoms with Gasteiger partial charge in [-0.2, -0.15) is 5.10 Å². The number of aryl methyl sites for hydroxylation is 1. The number of methoxy groups -OCH3 is 1. The van der Waals surface area contributed by atoms with Crippen molar-refractivity contribution in [3.05, 3.63) is 40.8 Å². The van der Waals surface area contributed by atoms with Crippen molar-refractivity contribution in [1.29, 1.82) is 0 Å². The van der Waals surface area contributed by atoms with Gasteiger partial charge in [0, 0.05) is 37.6 Å². The molecular formula is C25H28ClF3N6O2. The molecule has 0 spiro atoms. The van der Waals surface area contributed by atoms with Gasteiger partial charge in [0.1, 0.15) is 12.2 Å². The molecule has 6 rings (SSSR count). The zero-order valence-electron chi connectivity index (χ0n) is 20.5. The first-order chi connectivity index (χ1) is 17.7. The van der Waals surface area contributed by atoms with E-state index in [-0.39, 0.29) is 35.6 Å². The fourth-order valence-corrected chi connectivity index (χ4v) is 5.83. The molecule has 3 fully saturated rings. The van der Waals surface area contributed by atoms with Gasteiger partial charge in [-0.15, -0.1) is 0 Å². The van der Waals surface area contributed by atoms with E-state index in [9.17, 15) is 8.78 Å². The highest BCUT2D eigenvalue weighted by Crippen LogP contribution is 2.53. The van der Waals surface area contributed by atoms with Crippen LogP contribution in [0, 0.1) is 6.92 Å². The van der Waals surface area contributed by atoms with E-state index in [4.69, 9.17) is 21.1 Å². The first-order valence-electron chi connectivity index (χ1n) is 12.4. The maximum Gasteiger partial charge on any atom is 0.272 e. The Bertz CT molecular complexity index is 1320. The van der Waals surface area contributed by atoms with Crippen molar-refractivity contribution in [1.82, 2.24) is 24.6 Å². The summed E-state index contributed by atoms with van der Waals surface area (Å²) in [6.07, 6.45) is 2.39. The van der Waals surface area contributed by atoms with Gasteiger partial charge < -0.3 is 14.8 Å². The molecule has 8 nitrogen and oxygen atoms in total. The Balaban J connectivity index is 1.21. The molecule has 0 bridgehead atoms. The molecule has 1 saturated carbocycles. The number of ether oxygens (including phenoxy) is 2. The number of anilines is 2. The van der Waals surface area contributed by atoms with Gasteiger partial charge in [0.05, 0.1) is 42.8 Å². The van der Waals surface area contributed by atoms with Crippen molar-refractivity contribution in [3.8, 4) is 0 Å². The Morgan fingerprint density at radius 1 is 1.24 bits per heavy atom. The number of nitrogens with one attached hydrogen (secondary N) is 1. The third kappa shape index (κ3) is 4.56. The third-order valence-electron chi connectivity index (χ3n) is 7.78. The summed E-state index contributed by atoms with van der Waals surface area (Å²) < 4.78 is 54.6. The summed E-state index contributed by atoms with van der Waals surface area (Å²) in [4.78, 5) is 11.1. The zero-order chi connectivity index (χ0) is 25.9. The number of aromatic nitrogens is 4. The number of alkyl halides is 3. The standard InChI is InChI=1S/C25H28ClF3N6O2/c1-13-5-14-8-30-24(33-19-9-31-35(23(19)26)22-7-25(22,28)29)32-18(14)6-16(13)15-3-4-34(10-17(15)27)20-11-37-12-21(20)36-2/h5-6,8-9,15,17,20-22H,3-4,7,10-12H2,1-2H3,(H,30,32,33)/t15-,17+,20+,21-,22?/m0/s1.